The lowest BCUT2D eigenvalue weighted by molar-refractivity contribution is 0.0975. The van der Waals surface area contributed by atoms with Gasteiger partial charge < -0.3 is 10.2 Å². The molecule has 2 unspecified atom stereocenters. The minimum atomic E-state index is 0.0916. The third-order valence-corrected chi connectivity index (χ3v) is 4.45. The van der Waals surface area contributed by atoms with Gasteiger partial charge in [0.25, 0.3) is 0 Å². The van der Waals surface area contributed by atoms with Gasteiger partial charge in [0, 0.05) is 12.1 Å². The molecule has 1 heterocycles. The fourth-order valence-corrected chi connectivity index (χ4v) is 3.38. The quantitative estimate of drug-likeness (QED) is 0.821. The van der Waals surface area contributed by atoms with Gasteiger partial charge in [-0.1, -0.05) is 26.7 Å². The molecule has 1 aromatic rings. The zero-order valence-corrected chi connectivity index (χ0v) is 13.2. The summed E-state index contributed by atoms with van der Waals surface area (Å²) in [7, 11) is 0. The van der Waals surface area contributed by atoms with Crippen LogP contribution in [-0.2, 0) is 0 Å². The Kier molecular flexibility index (Phi) is 5.67. The third kappa shape index (κ3) is 3.86. The molecule has 1 saturated carbocycles. The standard InChI is InChI=1S/C17H30N2O/c1-13(2)10-11-19(15-7-4-5-8-15)17(14(3)18)16-9-6-12-20-16/h6,9,12-15,17H,4-5,7-8,10-11,18H2,1-3H3. The molecule has 1 aromatic heterocycles. The predicted octanol–water partition coefficient (Wildman–Crippen LogP) is 3.96. The van der Waals surface area contributed by atoms with E-state index >= 15 is 0 Å². The molecule has 0 aliphatic heterocycles. The first-order valence-corrected chi connectivity index (χ1v) is 8.14. The van der Waals surface area contributed by atoms with E-state index in [0.29, 0.717) is 6.04 Å². The normalized spacial score (nSPS) is 19.9. The number of nitrogens with zero attached hydrogens (tertiary/aromatic N) is 1. The highest BCUT2D eigenvalue weighted by atomic mass is 16.3. The summed E-state index contributed by atoms with van der Waals surface area (Å²) in [6, 6.07) is 5.03. The lowest BCUT2D eigenvalue weighted by Crippen LogP contribution is -2.45. The summed E-state index contributed by atoms with van der Waals surface area (Å²) in [5.41, 5.74) is 6.30. The van der Waals surface area contributed by atoms with Gasteiger partial charge in [-0.3, -0.25) is 4.90 Å². The molecule has 0 amide bonds. The molecule has 1 fully saturated rings. The Morgan fingerprint density at radius 3 is 2.50 bits per heavy atom. The number of nitrogens with two attached hydrogens (primary N) is 1. The van der Waals surface area contributed by atoms with E-state index in [1.54, 1.807) is 6.26 Å². The maximum Gasteiger partial charge on any atom is 0.122 e. The summed E-state index contributed by atoms with van der Waals surface area (Å²) in [5, 5.41) is 0. The van der Waals surface area contributed by atoms with E-state index in [9.17, 15) is 0 Å². The van der Waals surface area contributed by atoms with Crippen LogP contribution in [0.4, 0.5) is 0 Å². The molecule has 0 aromatic carbocycles. The molecule has 0 saturated heterocycles. The van der Waals surface area contributed by atoms with Gasteiger partial charge >= 0.3 is 0 Å². The maximum absolute atomic E-state index is 6.30. The van der Waals surface area contributed by atoms with Crippen LogP contribution < -0.4 is 5.73 Å². The van der Waals surface area contributed by atoms with Crippen LogP contribution in [0.25, 0.3) is 0 Å². The first-order valence-electron chi connectivity index (χ1n) is 8.14. The van der Waals surface area contributed by atoms with E-state index < -0.39 is 0 Å². The van der Waals surface area contributed by atoms with E-state index in [1.807, 2.05) is 6.07 Å². The second kappa shape index (κ2) is 7.28. The average Bonchev–Trinajstić information content (AvgIpc) is 3.05. The summed E-state index contributed by atoms with van der Waals surface area (Å²) < 4.78 is 5.68. The van der Waals surface area contributed by atoms with Crippen LogP contribution >= 0.6 is 0 Å². The first kappa shape index (κ1) is 15.6. The van der Waals surface area contributed by atoms with E-state index in [0.717, 1.165) is 18.2 Å². The summed E-state index contributed by atoms with van der Waals surface area (Å²) in [6.45, 7) is 7.81. The molecule has 2 atom stereocenters. The van der Waals surface area contributed by atoms with Crippen molar-refractivity contribution >= 4 is 0 Å². The molecule has 3 heteroatoms. The highest BCUT2D eigenvalue weighted by Gasteiger charge is 2.33. The number of furan rings is 1. The van der Waals surface area contributed by atoms with Crippen molar-refractivity contribution in [2.45, 2.75) is 71.0 Å². The summed E-state index contributed by atoms with van der Waals surface area (Å²) in [6.07, 6.45) is 8.31. The lowest BCUT2D eigenvalue weighted by Gasteiger charge is -2.38. The van der Waals surface area contributed by atoms with E-state index in [1.165, 1.54) is 32.1 Å². The molecule has 3 nitrogen and oxygen atoms in total. The average molecular weight is 278 g/mol. The third-order valence-electron chi connectivity index (χ3n) is 4.45. The fraction of sp³-hybridized carbons (Fsp3) is 0.765. The molecular formula is C17H30N2O. The second-order valence-electron chi connectivity index (χ2n) is 6.68. The minimum absolute atomic E-state index is 0.0916. The predicted molar refractivity (Wildman–Crippen MR) is 83.5 cm³/mol. The van der Waals surface area contributed by atoms with Crippen LogP contribution in [-0.4, -0.2) is 23.5 Å². The summed E-state index contributed by atoms with van der Waals surface area (Å²) in [4.78, 5) is 2.62. The second-order valence-corrected chi connectivity index (χ2v) is 6.68. The summed E-state index contributed by atoms with van der Waals surface area (Å²) in [5.74, 6) is 1.75. The Labute approximate surface area is 123 Å². The molecule has 0 radical (unpaired) electrons. The van der Waals surface area contributed by atoms with Crippen molar-refractivity contribution in [2.24, 2.45) is 11.7 Å². The largest absolute Gasteiger partial charge is 0.468 e. The summed E-state index contributed by atoms with van der Waals surface area (Å²) >= 11 is 0. The van der Waals surface area contributed by atoms with E-state index in [2.05, 4.69) is 31.7 Å². The van der Waals surface area contributed by atoms with Gasteiger partial charge in [0.2, 0.25) is 0 Å². The van der Waals surface area contributed by atoms with Crippen LogP contribution in [0.3, 0.4) is 0 Å². The lowest BCUT2D eigenvalue weighted by atomic mass is 10.0. The topological polar surface area (TPSA) is 42.4 Å². The van der Waals surface area contributed by atoms with Crippen molar-refractivity contribution in [2.75, 3.05) is 6.54 Å². The monoisotopic (exact) mass is 278 g/mol. The Balaban J connectivity index is 2.17. The van der Waals surface area contributed by atoms with Crippen molar-refractivity contribution in [1.82, 2.24) is 4.90 Å². The van der Waals surface area contributed by atoms with Gasteiger partial charge in [-0.15, -0.1) is 0 Å². The van der Waals surface area contributed by atoms with Crippen molar-refractivity contribution < 1.29 is 4.42 Å². The molecular weight excluding hydrogens is 248 g/mol. The molecule has 1 aliphatic carbocycles. The van der Waals surface area contributed by atoms with Crippen molar-refractivity contribution in [3.05, 3.63) is 24.2 Å². The minimum Gasteiger partial charge on any atom is -0.468 e. The van der Waals surface area contributed by atoms with Gasteiger partial charge in [0.15, 0.2) is 0 Å². The van der Waals surface area contributed by atoms with Gasteiger partial charge in [-0.2, -0.15) is 0 Å². The maximum atomic E-state index is 6.30. The first-order chi connectivity index (χ1) is 9.59. The number of hydrogen-bond donors (Lipinski definition) is 1. The Morgan fingerprint density at radius 2 is 2.00 bits per heavy atom. The van der Waals surface area contributed by atoms with Crippen LogP contribution in [0.15, 0.2) is 22.8 Å². The van der Waals surface area contributed by atoms with Crippen LogP contribution in [0.1, 0.15) is 64.7 Å². The Bertz CT molecular complexity index is 366. The van der Waals surface area contributed by atoms with Gasteiger partial charge in [-0.25, -0.2) is 0 Å². The fourth-order valence-electron chi connectivity index (χ4n) is 3.38. The van der Waals surface area contributed by atoms with E-state index in [-0.39, 0.29) is 12.1 Å². The zero-order valence-electron chi connectivity index (χ0n) is 13.2. The van der Waals surface area contributed by atoms with Crippen LogP contribution in [0.2, 0.25) is 0 Å². The van der Waals surface area contributed by atoms with Crippen LogP contribution in [0, 0.1) is 5.92 Å². The molecule has 1 aliphatic rings. The van der Waals surface area contributed by atoms with Gasteiger partial charge in [0.1, 0.15) is 5.76 Å². The zero-order chi connectivity index (χ0) is 14.5. The van der Waals surface area contributed by atoms with Crippen LogP contribution in [0.5, 0.6) is 0 Å². The number of rotatable bonds is 7. The molecule has 0 bridgehead atoms. The molecule has 0 spiro atoms. The molecule has 114 valence electrons. The number of hydrogen-bond acceptors (Lipinski definition) is 3. The Hall–Kier alpha value is -0.800. The smallest absolute Gasteiger partial charge is 0.122 e. The molecule has 2 N–H and O–H groups in total. The van der Waals surface area contributed by atoms with Crippen molar-refractivity contribution in [3.8, 4) is 0 Å². The Morgan fingerprint density at radius 1 is 1.30 bits per heavy atom. The SMILES string of the molecule is CC(C)CCN(C1CCCC1)C(c1ccco1)C(C)N. The highest BCUT2D eigenvalue weighted by molar-refractivity contribution is 5.08. The van der Waals surface area contributed by atoms with Gasteiger partial charge in [-0.05, 0) is 50.8 Å². The van der Waals surface area contributed by atoms with Crippen molar-refractivity contribution in [1.29, 1.82) is 0 Å². The highest BCUT2D eigenvalue weighted by Crippen LogP contribution is 2.33. The van der Waals surface area contributed by atoms with Crippen molar-refractivity contribution in [3.63, 3.8) is 0 Å². The molecule has 20 heavy (non-hydrogen) atoms. The molecule has 2 rings (SSSR count). The van der Waals surface area contributed by atoms with Gasteiger partial charge in [0.05, 0.1) is 12.3 Å². The van der Waals surface area contributed by atoms with E-state index in [4.69, 9.17) is 10.2 Å².